The molecule has 0 atom stereocenters. The second-order valence-electron chi connectivity index (χ2n) is 7.86. The number of aromatic hydroxyl groups is 1. The number of aromatic carboxylic acids is 1. The van der Waals surface area contributed by atoms with Gasteiger partial charge < -0.3 is 15.5 Å². The van der Waals surface area contributed by atoms with Crippen molar-refractivity contribution < 1.29 is 33.0 Å². The number of thiophene rings is 2. The van der Waals surface area contributed by atoms with Crippen molar-refractivity contribution in [2.45, 2.75) is 19.6 Å². The zero-order valence-corrected chi connectivity index (χ0v) is 22.2. The molecule has 0 saturated heterocycles. The second kappa shape index (κ2) is 13.1. The SMILES string of the molecule is CC(=NNC(=O)c1ccc(C(=O)O)s1)c1csc(-c2ccc(C(F)(F)F)cc2)c1O.CNCc1ccccn1. The Kier molecular flexibility index (Phi) is 9.93. The summed E-state index contributed by atoms with van der Waals surface area (Å²) in [5.74, 6) is -1.91. The van der Waals surface area contributed by atoms with E-state index in [4.69, 9.17) is 5.11 Å². The molecule has 4 N–H and O–H groups in total. The summed E-state index contributed by atoms with van der Waals surface area (Å²) in [6.07, 6.45) is -2.65. The number of carboxylic acid groups (broad SMARTS) is 1. The Bertz CT molecular complexity index is 1450. The summed E-state index contributed by atoms with van der Waals surface area (Å²) in [6.45, 7) is 2.39. The maximum absolute atomic E-state index is 12.7. The van der Waals surface area contributed by atoms with Crippen LogP contribution in [-0.2, 0) is 12.7 Å². The van der Waals surface area contributed by atoms with Crippen LogP contribution < -0.4 is 10.7 Å². The molecule has 0 bridgehead atoms. The van der Waals surface area contributed by atoms with Gasteiger partial charge in [-0.1, -0.05) is 18.2 Å². The van der Waals surface area contributed by atoms with Crippen LogP contribution in [0.2, 0.25) is 0 Å². The molecule has 0 aliphatic heterocycles. The second-order valence-corrected chi connectivity index (χ2v) is 9.82. The number of pyridine rings is 1. The number of halogens is 3. The molecule has 0 spiro atoms. The first-order valence-corrected chi connectivity index (χ1v) is 12.9. The number of carbonyl (C=O) groups excluding carboxylic acids is 1. The van der Waals surface area contributed by atoms with Crippen LogP contribution >= 0.6 is 22.7 Å². The van der Waals surface area contributed by atoms with Gasteiger partial charge >= 0.3 is 12.1 Å². The molecule has 0 saturated carbocycles. The van der Waals surface area contributed by atoms with Crippen LogP contribution in [0.15, 0.2) is 71.3 Å². The van der Waals surface area contributed by atoms with E-state index in [0.29, 0.717) is 16.0 Å². The average Bonchev–Trinajstić information content (AvgIpc) is 3.56. The summed E-state index contributed by atoms with van der Waals surface area (Å²) in [7, 11) is 1.91. The van der Waals surface area contributed by atoms with Gasteiger partial charge in [-0.25, -0.2) is 10.2 Å². The van der Waals surface area contributed by atoms with Crippen LogP contribution in [0, 0.1) is 0 Å². The maximum atomic E-state index is 12.7. The fourth-order valence-corrected chi connectivity index (χ4v) is 4.88. The molecular formula is C26H23F3N4O4S2. The number of aromatic nitrogens is 1. The Hall–Kier alpha value is -4.07. The van der Waals surface area contributed by atoms with Gasteiger partial charge in [0.05, 0.1) is 32.3 Å². The van der Waals surface area contributed by atoms with Crippen molar-refractivity contribution in [1.82, 2.24) is 15.7 Å². The van der Waals surface area contributed by atoms with E-state index in [2.05, 4.69) is 20.8 Å². The Morgan fingerprint density at radius 1 is 1.05 bits per heavy atom. The number of rotatable bonds is 7. The number of amides is 1. The largest absolute Gasteiger partial charge is 0.506 e. The number of carboxylic acids is 1. The zero-order valence-electron chi connectivity index (χ0n) is 20.6. The van der Waals surface area contributed by atoms with Crippen LogP contribution in [0.25, 0.3) is 10.4 Å². The van der Waals surface area contributed by atoms with Gasteiger partial charge in [0, 0.05) is 18.1 Å². The van der Waals surface area contributed by atoms with E-state index in [1.54, 1.807) is 11.6 Å². The average molecular weight is 577 g/mol. The van der Waals surface area contributed by atoms with Crippen LogP contribution in [0.5, 0.6) is 5.75 Å². The van der Waals surface area contributed by atoms with Gasteiger partial charge in [0.1, 0.15) is 10.6 Å². The highest BCUT2D eigenvalue weighted by molar-refractivity contribution is 7.15. The molecule has 204 valence electrons. The van der Waals surface area contributed by atoms with Crippen LogP contribution in [0.1, 0.15) is 43.1 Å². The van der Waals surface area contributed by atoms with Crippen LogP contribution in [0.4, 0.5) is 13.2 Å². The third-order valence-electron chi connectivity index (χ3n) is 5.08. The lowest BCUT2D eigenvalue weighted by Crippen LogP contribution is -2.18. The molecule has 0 radical (unpaired) electrons. The lowest BCUT2D eigenvalue weighted by atomic mass is 10.1. The lowest BCUT2D eigenvalue weighted by molar-refractivity contribution is -0.137. The predicted octanol–water partition coefficient (Wildman–Crippen LogP) is 5.85. The van der Waals surface area contributed by atoms with Crippen LogP contribution in [-0.4, -0.2) is 39.8 Å². The van der Waals surface area contributed by atoms with Gasteiger partial charge in [-0.15, -0.1) is 22.7 Å². The molecule has 0 unspecified atom stereocenters. The molecule has 3 aromatic heterocycles. The van der Waals surface area contributed by atoms with E-state index < -0.39 is 23.6 Å². The standard InChI is InChI=1S/C19H13F3N2O4S2.C7H10N2/c1-9(23-24-17(26)13-6-7-14(30-13)18(27)28)12-8-29-16(15(12)25)10-2-4-11(5-3-10)19(20,21)22;1-8-6-7-4-2-3-5-9-7/h2-8,25H,1H3,(H,24,26)(H,27,28);2-5,8H,6H2,1H3. The first kappa shape index (κ1) is 29.5. The van der Waals surface area contributed by atoms with Crippen molar-refractivity contribution in [3.8, 4) is 16.2 Å². The number of nitrogens with one attached hydrogen (secondary N) is 2. The molecule has 13 heteroatoms. The minimum atomic E-state index is -4.45. The Balaban J connectivity index is 0.000000395. The number of nitrogens with zero attached hydrogens (tertiary/aromatic N) is 2. The van der Waals surface area contributed by atoms with E-state index in [9.17, 15) is 27.9 Å². The van der Waals surface area contributed by atoms with Gasteiger partial charge in [-0.3, -0.25) is 9.78 Å². The zero-order chi connectivity index (χ0) is 28.6. The number of hydrazone groups is 1. The Morgan fingerprint density at radius 3 is 2.31 bits per heavy atom. The number of alkyl halides is 3. The number of benzene rings is 1. The number of hydrogen-bond donors (Lipinski definition) is 4. The molecule has 39 heavy (non-hydrogen) atoms. The smallest absolute Gasteiger partial charge is 0.416 e. The Labute approximate surface area is 229 Å². The quantitative estimate of drug-likeness (QED) is 0.162. The summed E-state index contributed by atoms with van der Waals surface area (Å²) in [4.78, 5) is 27.6. The molecule has 0 fully saturated rings. The highest BCUT2D eigenvalue weighted by Gasteiger charge is 2.30. The Morgan fingerprint density at radius 2 is 1.74 bits per heavy atom. The third-order valence-corrected chi connectivity index (χ3v) is 7.17. The molecule has 3 heterocycles. The minimum absolute atomic E-state index is 0.0116. The summed E-state index contributed by atoms with van der Waals surface area (Å²) in [5.41, 5.74) is 3.57. The molecule has 1 aromatic carbocycles. The minimum Gasteiger partial charge on any atom is -0.506 e. The van der Waals surface area contributed by atoms with E-state index >= 15 is 0 Å². The highest BCUT2D eigenvalue weighted by Crippen LogP contribution is 2.40. The topological polar surface area (TPSA) is 124 Å². The van der Waals surface area contributed by atoms with Crippen molar-refractivity contribution >= 4 is 40.3 Å². The number of carbonyl (C=O) groups is 2. The van der Waals surface area contributed by atoms with E-state index in [1.165, 1.54) is 31.2 Å². The summed E-state index contributed by atoms with van der Waals surface area (Å²) >= 11 is 1.92. The molecule has 0 aliphatic rings. The monoisotopic (exact) mass is 576 g/mol. The van der Waals surface area contributed by atoms with Gasteiger partial charge in [-0.05, 0) is 55.9 Å². The molecule has 8 nitrogen and oxygen atoms in total. The molecule has 1 amide bonds. The molecule has 4 aromatic rings. The molecule has 0 aliphatic carbocycles. The van der Waals surface area contributed by atoms with Crippen molar-refractivity contribution in [3.05, 3.63) is 92.7 Å². The van der Waals surface area contributed by atoms with Gasteiger partial charge in [0.15, 0.2) is 0 Å². The summed E-state index contributed by atoms with van der Waals surface area (Å²) in [6, 6.07) is 13.0. The van der Waals surface area contributed by atoms with E-state index in [0.717, 1.165) is 47.0 Å². The summed E-state index contributed by atoms with van der Waals surface area (Å²) < 4.78 is 38.1. The van der Waals surface area contributed by atoms with Crippen molar-refractivity contribution in [3.63, 3.8) is 0 Å². The van der Waals surface area contributed by atoms with Crippen molar-refractivity contribution in [1.29, 1.82) is 0 Å². The third kappa shape index (κ3) is 7.96. The van der Waals surface area contributed by atoms with Crippen molar-refractivity contribution in [2.75, 3.05) is 7.05 Å². The van der Waals surface area contributed by atoms with E-state index in [1.807, 2.05) is 25.2 Å². The molecule has 4 rings (SSSR count). The fraction of sp³-hybridized carbons (Fsp3) is 0.154. The predicted molar refractivity (Wildman–Crippen MR) is 144 cm³/mol. The van der Waals surface area contributed by atoms with Gasteiger partial charge in [-0.2, -0.15) is 18.3 Å². The normalized spacial score (nSPS) is 11.5. The fourth-order valence-electron chi connectivity index (χ4n) is 3.13. The number of hydrogen-bond acceptors (Lipinski definition) is 8. The van der Waals surface area contributed by atoms with Crippen molar-refractivity contribution in [2.24, 2.45) is 5.10 Å². The molecular weight excluding hydrogens is 553 g/mol. The lowest BCUT2D eigenvalue weighted by Gasteiger charge is -2.07. The maximum Gasteiger partial charge on any atom is 0.416 e. The highest BCUT2D eigenvalue weighted by atomic mass is 32.1. The van der Waals surface area contributed by atoms with Gasteiger partial charge in [0.25, 0.3) is 5.91 Å². The van der Waals surface area contributed by atoms with Gasteiger partial charge in [0.2, 0.25) is 0 Å². The van der Waals surface area contributed by atoms with E-state index in [-0.39, 0.29) is 21.2 Å². The summed E-state index contributed by atoms with van der Waals surface area (Å²) in [5, 5.41) is 27.9. The van der Waals surface area contributed by atoms with Crippen LogP contribution in [0.3, 0.4) is 0 Å². The first-order valence-electron chi connectivity index (χ1n) is 11.2. The first-order chi connectivity index (χ1) is 18.5.